The second kappa shape index (κ2) is 9.52. The van der Waals surface area contributed by atoms with Crippen LogP contribution in [0.1, 0.15) is 40.7 Å². The van der Waals surface area contributed by atoms with Gasteiger partial charge in [-0.3, -0.25) is 4.79 Å². The summed E-state index contributed by atoms with van der Waals surface area (Å²) in [5, 5.41) is 2.80. The first-order valence-electron chi connectivity index (χ1n) is 11.0. The maximum absolute atomic E-state index is 13.1. The molecule has 9 heteroatoms. The Morgan fingerprint density at radius 1 is 1.00 bits per heavy atom. The molecule has 1 aliphatic carbocycles. The monoisotopic (exact) mass is 472 g/mol. The van der Waals surface area contributed by atoms with E-state index in [1.807, 2.05) is 6.07 Å². The summed E-state index contributed by atoms with van der Waals surface area (Å²) in [6, 6.07) is 10.2. The van der Waals surface area contributed by atoms with Crippen LogP contribution in [-0.2, 0) is 32.4 Å². The van der Waals surface area contributed by atoms with Gasteiger partial charge in [0.2, 0.25) is 15.9 Å². The predicted molar refractivity (Wildman–Crippen MR) is 123 cm³/mol. The van der Waals surface area contributed by atoms with E-state index in [1.165, 1.54) is 30.2 Å². The highest BCUT2D eigenvalue weighted by Gasteiger charge is 2.33. The zero-order valence-corrected chi connectivity index (χ0v) is 19.6. The molecule has 0 atom stereocenters. The Morgan fingerprint density at radius 3 is 2.42 bits per heavy atom. The van der Waals surface area contributed by atoms with Crippen molar-refractivity contribution in [1.82, 2.24) is 4.31 Å². The second-order valence-electron chi connectivity index (χ2n) is 8.35. The molecule has 1 heterocycles. The molecule has 176 valence electrons. The molecule has 1 amide bonds. The van der Waals surface area contributed by atoms with E-state index in [0.29, 0.717) is 29.2 Å². The lowest BCUT2D eigenvalue weighted by Gasteiger charge is -2.30. The number of sulfonamides is 1. The Balaban J connectivity index is 1.42. The lowest BCUT2D eigenvalue weighted by atomic mass is 9.97. The van der Waals surface area contributed by atoms with Crippen molar-refractivity contribution in [2.45, 2.75) is 37.0 Å². The van der Waals surface area contributed by atoms with E-state index in [1.54, 1.807) is 24.3 Å². The van der Waals surface area contributed by atoms with Crippen LogP contribution in [0.3, 0.4) is 0 Å². The molecule has 0 aromatic heterocycles. The van der Waals surface area contributed by atoms with Gasteiger partial charge in [0.1, 0.15) is 5.75 Å². The van der Waals surface area contributed by atoms with Crippen LogP contribution in [0, 0.1) is 5.92 Å². The molecule has 0 saturated carbocycles. The highest BCUT2D eigenvalue weighted by atomic mass is 32.2. The summed E-state index contributed by atoms with van der Waals surface area (Å²) in [7, 11) is -0.840. The lowest BCUT2D eigenvalue weighted by molar-refractivity contribution is -0.120. The van der Waals surface area contributed by atoms with Gasteiger partial charge in [-0.05, 0) is 73.6 Å². The van der Waals surface area contributed by atoms with Crippen molar-refractivity contribution in [1.29, 1.82) is 0 Å². The number of hydrogen-bond acceptors (Lipinski definition) is 6. The molecular weight excluding hydrogens is 444 g/mol. The average Bonchev–Trinajstić information content (AvgIpc) is 3.32. The SMILES string of the molecule is COC(=O)c1cc(OC)ccc1NC(=O)C1CCN(S(=O)(=O)c2ccc3c(c2)CCC3)CC1. The molecule has 0 spiro atoms. The lowest BCUT2D eigenvalue weighted by Crippen LogP contribution is -2.41. The number of esters is 1. The summed E-state index contributed by atoms with van der Waals surface area (Å²) in [6.45, 7) is 0.536. The number of hydrogen-bond donors (Lipinski definition) is 1. The van der Waals surface area contributed by atoms with Crippen molar-refractivity contribution in [2.24, 2.45) is 5.92 Å². The number of nitrogens with zero attached hydrogens (tertiary/aromatic N) is 1. The molecule has 1 saturated heterocycles. The minimum atomic E-state index is -3.59. The van der Waals surface area contributed by atoms with Gasteiger partial charge in [-0.25, -0.2) is 13.2 Å². The van der Waals surface area contributed by atoms with Crippen LogP contribution >= 0.6 is 0 Å². The number of ether oxygens (including phenoxy) is 2. The summed E-state index contributed by atoms with van der Waals surface area (Å²) >= 11 is 0. The van der Waals surface area contributed by atoms with Crippen LogP contribution < -0.4 is 10.1 Å². The van der Waals surface area contributed by atoms with E-state index in [0.717, 1.165) is 24.8 Å². The van der Waals surface area contributed by atoms with Crippen molar-refractivity contribution in [2.75, 3.05) is 32.6 Å². The van der Waals surface area contributed by atoms with Crippen LogP contribution in [0.15, 0.2) is 41.3 Å². The fourth-order valence-corrected chi connectivity index (χ4v) is 6.01. The van der Waals surface area contributed by atoms with Gasteiger partial charge in [0.25, 0.3) is 0 Å². The van der Waals surface area contributed by atoms with Crippen molar-refractivity contribution < 1.29 is 27.5 Å². The fraction of sp³-hybridized carbons (Fsp3) is 0.417. The van der Waals surface area contributed by atoms with Crippen LogP contribution in [0.4, 0.5) is 5.69 Å². The molecule has 2 aromatic carbocycles. The van der Waals surface area contributed by atoms with Gasteiger partial charge in [0, 0.05) is 19.0 Å². The van der Waals surface area contributed by atoms with Crippen LogP contribution in [0.5, 0.6) is 5.75 Å². The van der Waals surface area contributed by atoms with Crippen molar-refractivity contribution in [3.63, 3.8) is 0 Å². The first-order chi connectivity index (χ1) is 15.8. The summed E-state index contributed by atoms with van der Waals surface area (Å²) in [6.07, 6.45) is 3.78. The maximum Gasteiger partial charge on any atom is 0.340 e. The summed E-state index contributed by atoms with van der Waals surface area (Å²) in [4.78, 5) is 25.3. The molecule has 2 aliphatic rings. The molecule has 1 N–H and O–H groups in total. The Kier molecular flexibility index (Phi) is 6.71. The zero-order chi connectivity index (χ0) is 23.6. The number of fused-ring (bicyclic) bond motifs is 1. The van der Waals surface area contributed by atoms with Crippen LogP contribution in [-0.4, -0.2) is 51.9 Å². The van der Waals surface area contributed by atoms with E-state index in [4.69, 9.17) is 9.47 Å². The number of nitrogens with one attached hydrogen (secondary N) is 1. The fourth-order valence-electron chi connectivity index (χ4n) is 4.49. The number of amides is 1. The van der Waals surface area contributed by atoms with Crippen LogP contribution in [0.2, 0.25) is 0 Å². The van der Waals surface area contributed by atoms with E-state index in [2.05, 4.69) is 5.32 Å². The second-order valence-corrected chi connectivity index (χ2v) is 10.3. The Hall–Kier alpha value is -2.91. The molecule has 0 radical (unpaired) electrons. The maximum atomic E-state index is 13.1. The van der Waals surface area contributed by atoms with E-state index in [-0.39, 0.29) is 30.5 Å². The Bertz CT molecular complexity index is 1170. The summed E-state index contributed by atoms with van der Waals surface area (Å²) < 4.78 is 37.7. The molecule has 1 aliphatic heterocycles. The van der Waals surface area contributed by atoms with Gasteiger partial charge in [0.15, 0.2) is 0 Å². The Labute approximate surface area is 193 Å². The van der Waals surface area contributed by atoms with Gasteiger partial charge >= 0.3 is 5.97 Å². The predicted octanol–water partition coefficient (Wildman–Crippen LogP) is 3.01. The quantitative estimate of drug-likeness (QED) is 0.649. The van der Waals surface area contributed by atoms with E-state index < -0.39 is 16.0 Å². The van der Waals surface area contributed by atoms with Gasteiger partial charge in [-0.2, -0.15) is 4.31 Å². The van der Waals surface area contributed by atoms with Crippen molar-refractivity contribution in [3.05, 3.63) is 53.1 Å². The number of anilines is 1. The van der Waals surface area contributed by atoms with Crippen LogP contribution in [0.25, 0.3) is 0 Å². The van der Waals surface area contributed by atoms with Gasteiger partial charge in [0.05, 0.1) is 30.4 Å². The molecule has 4 rings (SSSR count). The molecule has 0 unspecified atom stereocenters. The van der Waals surface area contributed by atoms with E-state index in [9.17, 15) is 18.0 Å². The normalized spacial score (nSPS) is 16.8. The van der Waals surface area contributed by atoms with Crippen molar-refractivity contribution in [3.8, 4) is 5.75 Å². The number of aryl methyl sites for hydroxylation is 2. The molecule has 33 heavy (non-hydrogen) atoms. The minimum Gasteiger partial charge on any atom is -0.497 e. The van der Waals surface area contributed by atoms with Gasteiger partial charge < -0.3 is 14.8 Å². The number of methoxy groups -OCH3 is 2. The number of carbonyl (C=O) groups is 2. The first kappa shape index (κ1) is 23.3. The van der Waals surface area contributed by atoms with Gasteiger partial charge in [-0.15, -0.1) is 0 Å². The number of benzene rings is 2. The van der Waals surface area contributed by atoms with Gasteiger partial charge in [-0.1, -0.05) is 6.07 Å². The molecular formula is C24H28N2O6S. The zero-order valence-electron chi connectivity index (χ0n) is 18.8. The van der Waals surface area contributed by atoms with E-state index >= 15 is 0 Å². The molecule has 8 nitrogen and oxygen atoms in total. The largest absolute Gasteiger partial charge is 0.497 e. The topological polar surface area (TPSA) is 102 Å². The summed E-state index contributed by atoms with van der Waals surface area (Å²) in [5.74, 6) is -0.720. The third-order valence-electron chi connectivity index (χ3n) is 6.42. The third kappa shape index (κ3) is 4.74. The molecule has 1 fully saturated rings. The molecule has 0 bridgehead atoms. The highest BCUT2D eigenvalue weighted by Crippen LogP contribution is 2.30. The number of rotatable bonds is 6. The van der Waals surface area contributed by atoms with Crippen molar-refractivity contribution >= 4 is 27.6 Å². The number of piperidine rings is 1. The number of carbonyl (C=O) groups excluding carboxylic acids is 2. The summed E-state index contributed by atoms with van der Waals surface area (Å²) in [5.41, 5.74) is 2.88. The minimum absolute atomic E-state index is 0.196. The third-order valence-corrected chi connectivity index (χ3v) is 8.32. The highest BCUT2D eigenvalue weighted by molar-refractivity contribution is 7.89. The average molecular weight is 473 g/mol. The smallest absolute Gasteiger partial charge is 0.340 e. The standard InChI is InChI=1S/C24H28N2O6S/c1-31-19-7-9-22(21(15-19)24(28)32-2)25-23(27)17-10-12-26(13-11-17)33(29,30)20-8-6-16-4-3-5-18(16)14-20/h6-9,14-15,17H,3-5,10-13H2,1-2H3,(H,25,27). The Morgan fingerprint density at radius 2 is 1.73 bits per heavy atom. The first-order valence-corrected chi connectivity index (χ1v) is 12.5. The molecule has 2 aromatic rings.